The number of fused-ring (bicyclic) bond motifs is 1. The Morgan fingerprint density at radius 2 is 1.53 bits per heavy atom. The molecule has 2 aromatic rings. The molecule has 3 amide bonds. The molecule has 2 saturated heterocycles. The lowest BCUT2D eigenvalue weighted by atomic mass is 10.0. The lowest BCUT2D eigenvalue weighted by Crippen LogP contribution is -2.57. The number of amides is 3. The van der Waals surface area contributed by atoms with E-state index in [0.717, 1.165) is 5.56 Å². The van der Waals surface area contributed by atoms with Crippen LogP contribution in [0, 0.1) is 23.7 Å². The highest BCUT2D eigenvalue weighted by molar-refractivity contribution is 5.97. The van der Waals surface area contributed by atoms with Crippen LogP contribution in [0.1, 0.15) is 38.2 Å². The van der Waals surface area contributed by atoms with Gasteiger partial charge in [0, 0.05) is 50.9 Å². The van der Waals surface area contributed by atoms with Gasteiger partial charge in [0.1, 0.15) is 17.6 Å². The molecule has 3 heterocycles. The Labute approximate surface area is 251 Å². The third kappa shape index (κ3) is 6.57. The second-order valence-corrected chi connectivity index (χ2v) is 11.5. The first-order valence-electron chi connectivity index (χ1n) is 15.1. The van der Waals surface area contributed by atoms with Gasteiger partial charge in [-0.3, -0.25) is 14.4 Å². The first-order valence-corrected chi connectivity index (χ1v) is 15.1. The van der Waals surface area contributed by atoms with Crippen LogP contribution < -0.4 is 10.2 Å². The summed E-state index contributed by atoms with van der Waals surface area (Å²) in [6.07, 6.45) is -0.385. The normalized spacial score (nSPS) is 21.7. The van der Waals surface area contributed by atoms with Gasteiger partial charge in [0.05, 0.1) is 19.1 Å². The highest BCUT2D eigenvalue weighted by atomic mass is 16.6. The highest BCUT2D eigenvalue weighted by Gasteiger charge is 2.60. The largest absolute Gasteiger partial charge is 0.466 e. The van der Waals surface area contributed by atoms with Crippen LogP contribution in [-0.2, 0) is 19.1 Å². The Morgan fingerprint density at radius 1 is 0.907 bits per heavy atom. The maximum Gasteiger partial charge on any atom is 0.409 e. The number of anilines is 1. The Kier molecular flexibility index (Phi) is 9.12. The van der Waals surface area contributed by atoms with Crippen molar-refractivity contribution in [2.24, 2.45) is 23.7 Å². The molecular weight excluding hydrogens is 552 g/mol. The smallest absolute Gasteiger partial charge is 0.409 e. The molecule has 1 saturated carbocycles. The minimum Gasteiger partial charge on any atom is -0.466 e. The summed E-state index contributed by atoms with van der Waals surface area (Å²) in [5.41, 5.74) is 0.931. The lowest BCUT2D eigenvalue weighted by Gasteiger charge is -2.36. The molecule has 12 heteroatoms. The number of hydrogen-bond donors (Lipinski definition) is 1. The van der Waals surface area contributed by atoms with E-state index < -0.39 is 11.9 Å². The zero-order valence-corrected chi connectivity index (χ0v) is 25.2. The number of esters is 1. The molecule has 0 radical (unpaired) electrons. The van der Waals surface area contributed by atoms with Crippen molar-refractivity contribution in [3.05, 3.63) is 42.1 Å². The Morgan fingerprint density at radius 3 is 2.14 bits per heavy atom. The monoisotopic (exact) mass is 592 g/mol. The van der Waals surface area contributed by atoms with E-state index in [-0.39, 0.29) is 47.3 Å². The summed E-state index contributed by atoms with van der Waals surface area (Å²) < 4.78 is 10.3. The molecular formula is C31H40N6O6. The van der Waals surface area contributed by atoms with Gasteiger partial charge in [-0.1, -0.05) is 44.2 Å². The fraction of sp³-hybridized carbons (Fsp3) is 0.548. The van der Waals surface area contributed by atoms with Crippen LogP contribution in [0.3, 0.4) is 0 Å². The van der Waals surface area contributed by atoms with Crippen molar-refractivity contribution >= 4 is 29.7 Å². The molecule has 3 aliphatic rings. The summed E-state index contributed by atoms with van der Waals surface area (Å²) in [6, 6.07) is 10.3. The second kappa shape index (κ2) is 13.0. The van der Waals surface area contributed by atoms with Crippen LogP contribution in [0.15, 0.2) is 36.4 Å². The standard InChI is InChI=1S/C31H40N6O6/c1-5-42-30(40)25-21-17-37(18-22(21)25)24-16-23(32-27(33-24)20-10-8-7-9-11-20)28(38)34-26(19(3)4)29(39)35-12-14-36(15-13-35)31(41)43-6-2/h7-11,16,19,21-22,25-26H,5-6,12-15,17-18H2,1-4H3,(H,34,38)/t21-,22+,25-,26-/m0/s1. The van der Waals surface area contributed by atoms with Crippen molar-refractivity contribution in [3.63, 3.8) is 0 Å². The average Bonchev–Trinajstić information content (AvgIpc) is 3.52. The SMILES string of the molecule is CCOC(=O)[C@@H]1[C@@H]2CN(c3cc(C(=O)N[C@H](C(=O)N4CCN(C(=O)OCC)CC4)C(C)C)nc(-c4ccccc4)n3)C[C@@H]21. The van der Waals surface area contributed by atoms with E-state index in [1.807, 2.05) is 51.1 Å². The predicted octanol–water partition coefficient (Wildman–Crippen LogP) is 2.44. The van der Waals surface area contributed by atoms with Crippen LogP contribution in [0.2, 0.25) is 0 Å². The summed E-state index contributed by atoms with van der Waals surface area (Å²) in [4.78, 5) is 66.3. The maximum absolute atomic E-state index is 13.7. The average molecular weight is 593 g/mol. The minimum absolute atomic E-state index is 0.0774. The van der Waals surface area contributed by atoms with E-state index in [2.05, 4.69) is 15.2 Å². The molecule has 5 rings (SSSR count). The van der Waals surface area contributed by atoms with Crippen molar-refractivity contribution in [1.82, 2.24) is 25.1 Å². The molecule has 0 bridgehead atoms. The van der Waals surface area contributed by atoms with Crippen LogP contribution in [0.25, 0.3) is 11.4 Å². The number of rotatable bonds is 9. The lowest BCUT2D eigenvalue weighted by molar-refractivity contribution is -0.145. The molecule has 0 spiro atoms. The van der Waals surface area contributed by atoms with Crippen molar-refractivity contribution in [2.45, 2.75) is 33.7 Å². The Balaban J connectivity index is 1.32. The van der Waals surface area contributed by atoms with Gasteiger partial charge < -0.3 is 29.5 Å². The number of hydrogen-bond acceptors (Lipinski definition) is 9. The van der Waals surface area contributed by atoms with Gasteiger partial charge in [0.25, 0.3) is 5.91 Å². The zero-order valence-electron chi connectivity index (χ0n) is 25.2. The van der Waals surface area contributed by atoms with E-state index in [1.165, 1.54) is 0 Å². The van der Waals surface area contributed by atoms with E-state index in [9.17, 15) is 19.2 Å². The topological polar surface area (TPSA) is 134 Å². The number of ether oxygens (including phenoxy) is 2. The van der Waals surface area contributed by atoms with E-state index in [4.69, 9.17) is 14.5 Å². The van der Waals surface area contributed by atoms with E-state index >= 15 is 0 Å². The van der Waals surface area contributed by atoms with Gasteiger partial charge in [-0.25, -0.2) is 14.8 Å². The first kappa shape index (κ1) is 30.2. The molecule has 12 nitrogen and oxygen atoms in total. The van der Waals surface area contributed by atoms with Crippen molar-refractivity contribution < 1.29 is 28.7 Å². The molecule has 0 unspecified atom stereocenters. The zero-order chi connectivity index (χ0) is 30.7. The van der Waals surface area contributed by atoms with Gasteiger partial charge in [-0.2, -0.15) is 0 Å². The highest BCUT2D eigenvalue weighted by Crippen LogP contribution is 2.53. The molecule has 43 heavy (non-hydrogen) atoms. The summed E-state index contributed by atoms with van der Waals surface area (Å²) in [5, 5.41) is 2.93. The van der Waals surface area contributed by atoms with Gasteiger partial charge in [0.2, 0.25) is 5.91 Å². The quantitative estimate of drug-likeness (QED) is 0.436. The molecule has 1 aromatic heterocycles. The van der Waals surface area contributed by atoms with Gasteiger partial charge in [0.15, 0.2) is 5.82 Å². The maximum atomic E-state index is 13.7. The molecule has 1 aromatic carbocycles. The van der Waals surface area contributed by atoms with Gasteiger partial charge in [-0.05, 0) is 31.6 Å². The second-order valence-electron chi connectivity index (χ2n) is 11.5. The van der Waals surface area contributed by atoms with E-state index in [0.29, 0.717) is 64.1 Å². The van der Waals surface area contributed by atoms with E-state index in [1.54, 1.807) is 22.8 Å². The molecule has 1 N–H and O–H groups in total. The summed E-state index contributed by atoms with van der Waals surface area (Å²) >= 11 is 0. The minimum atomic E-state index is -0.773. The number of benzene rings is 1. The number of aromatic nitrogens is 2. The molecule has 3 fully saturated rings. The Hall–Kier alpha value is -4.22. The Bertz CT molecular complexity index is 1330. The van der Waals surface area contributed by atoms with Crippen LogP contribution in [0.4, 0.5) is 10.6 Å². The van der Waals surface area contributed by atoms with Crippen molar-refractivity contribution in [3.8, 4) is 11.4 Å². The summed E-state index contributed by atoms with van der Waals surface area (Å²) in [5.74, 6) is 0.366. The number of piperazine rings is 1. The number of carbonyl (C=O) groups is 4. The number of carbonyl (C=O) groups excluding carboxylic acids is 4. The number of nitrogens with one attached hydrogen (secondary N) is 1. The van der Waals surface area contributed by atoms with Crippen molar-refractivity contribution in [2.75, 3.05) is 57.4 Å². The van der Waals surface area contributed by atoms with Crippen molar-refractivity contribution in [1.29, 1.82) is 0 Å². The van der Waals surface area contributed by atoms with Crippen LogP contribution in [-0.4, -0.2) is 102 Å². The molecule has 2 aliphatic heterocycles. The number of piperidine rings is 1. The van der Waals surface area contributed by atoms with Gasteiger partial charge >= 0.3 is 12.1 Å². The van der Waals surface area contributed by atoms with Crippen LogP contribution in [0.5, 0.6) is 0 Å². The summed E-state index contributed by atoms with van der Waals surface area (Å²) in [6.45, 7) is 10.7. The van der Waals surface area contributed by atoms with Crippen LogP contribution >= 0.6 is 0 Å². The molecule has 4 atom stereocenters. The third-order valence-electron chi connectivity index (χ3n) is 8.39. The number of nitrogens with zero attached hydrogens (tertiary/aromatic N) is 5. The third-order valence-corrected chi connectivity index (χ3v) is 8.39. The molecule has 1 aliphatic carbocycles. The fourth-order valence-corrected chi connectivity index (χ4v) is 5.98. The van der Waals surface area contributed by atoms with Gasteiger partial charge in [-0.15, -0.1) is 0 Å². The first-order chi connectivity index (χ1) is 20.7. The molecule has 230 valence electrons. The predicted molar refractivity (Wildman–Crippen MR) is 158 cm³/mol. The fourth-order valence-electron chi connectivity index (χ4n) is 5.98. The summed E-state index contributed by atoms with van der Waals surface area (Å²) in [7, 11) is 0.